The van der Waals surface area contributed by atoms with Crippen molar-refractivity contribution in [2.45, 2.75) is 44.9 Å². The Kier molecular flexibility index (Phi) is 5.61. The Morgan fingerprint density at radius 2 is 1.83 bits per heavy atom. The number of rotatable bonds is 7. The van der Waals surface area contributed by atoms with Crippen molar-refractivity contribution < 1.29 is 17.6 Å². The van der Waals surface area contributed by atoms with Crippen LogP contribution in [-0.4, -0.2) is 32.3 Å². The van der Waals surface area contributed by atoms with Gasteiger partial charge >= 0.3 is 0 Å². The number of aryl methyl sites for hydroxylation is 2. The lowest BCUT2D eigenvalue weighted by Gasteiger charge is -2.13. The molecule has 0 aliphatic rings. The summed E-state index contributed by atoms with van der Waals surface area (Å²) in [5.41, 5.74) is 1.28. The molecule has 8 heteroatoms. The van der Waals surface area contributed by atoms with E-state index in [-0.39, 0.29) is 17.4 Å². The van der Waals surface area contributed by atoms with Gasteiger partial charge in [-0.2, -0.15) is 0 Å². The number of nitrogens with one attached hydrogen (secondary N) is 1. The lowest BCUT2D eigenvalue weighted by Crippen LogP contribution is -2.27. The van der Waals surface area contributed by atoms with Crippen molar-refractivity contribution in [1.29, 1.82) is 0 Å². The zero-order valence-electron chi connectivity index (χ0n) is 14.6. The van der Waals surface area contributed by atoms with Crippen LogP contribution in [0.1, 0.15) is 42.7 Å². The quantitative estimate of drug-likeness (QED) is 0.821. The highest BCUT2D eigenvalue weighted by molar-refractivity contribution is 7.89. The first-order valence-electron chi connectivity index (χ1n) is 7.71. The van der Waals surface area contributed by atoms with Crippen LogP contribution in [0.25, 0.3) is 0 Å². The van der Waals surface area contributed by atoms with E-state index in [1.165, 1.54) is 0 Å². The average Bonchev–Trinajstić information content (AvgIpc) is 2.95. The highest BCUT2D eigenvalue weighted by Gasteiger charge is 2.20. The third-order valence-corrected chi connectivity index (χ3v) is 5.31. The topological polar surface area (TPSA) is 94.3 Å². The standard InChI is InChI=1S/C16H23N3O4S/c1-10(2)16-19-18-14(23-16)6-7-17-24(20,21)15-11(3)8-13(22-5)9-12(15)4/h8-10,17H,6-7H2,1-5H3. The maximum Gasteiger partial charge on any atom is 0.241 e. The molecular weight excluding hydrogens is 330 g/mol. The Balaban J connectivity index is 2.08. The normalized spacial score (nSPS) is 11.9. The van der Waals surface area contributed by atoms with E-state index in [0.29, 0.717) is 35.1 Å². The van der Waals surface area contributed by atoms with E-state index in [9.17, 15) is 8.42 Å². The molecule has 0 saturated heterocycles. The van der Waals surface area contributed by atoms with Crippen molar-refractivity contribution in [2.75, 3.05) is 13.7 Å². The van der Waals surface area contributed by atoms with Gasteiger partial charge in [-0.05, 0) is 37.1 Å². The fourth-order valence-electron chi connectivity index (χ4n) is 2.42. The average molecular weight is 353 g/mol. The summed E-state index contributed by atoms with van der Waals surface area (Å²) in [6.45, 7) is 7.59. The van der Waals surface area contributed by atoms with Gasteiger partial charge in [0.05, 0.1) is 12.0 Å². The van der Waals surface area contributed by atoms with E-state index < -0.39 is 10.0 Å². The summed E-state index contributed by atoms with van der Waals surface area (Å²) >= 11 is 0. The molecule has 0 radical (unpaired) electrons. The summed E-state index contributed by atoms with van der Waals surface area (Å²) < 4.78 is 38.3. The SMILES string of the molecule is COc1cc(C)c(S(=O)(=O)NCCc2nnc(C(C)C)o2)c(C)c1. The van der Waals surface area contributed by atoms with Gasteiger partial charge < -0.3 is 9.15 Å². The number of aromatic nitrogens is 2. The van der Waals surface area contributed by atoms with Crippen molar-refractivity contribution in [3.8, 4) is 5.75 Å². The Hall–Kier alpha value is -1.93. The second kappa shape index (κ2) is 7.31. The Morgan fingerprint density at radius 3 is 2.33 bits per heavy atom. The molecule has 0 amide bonds. The van der Waals surface area contributed by atoms with Crippen LogP contribution in [0.3, 0.4) is 0 Å². The van der Waals surface area contributed by atoms with Gasteiger partial charge in [0.1, 0.15) is 5.75 Å². The largest absolute Gasteiger partial charge is 0.497 e. The van der Waals surface area contributed by atoms with Crippen LogP contribution in [0.15, 0.2) is 21.4 Å². The van der Waals surface area contributed by atoms with Crippen LogP contribution in [-0.2, 0) is 16.4 Å². The lowest BCUT2D eigenvalue weighted by atomic mass is 10.1. The Labute approximate surface area is 142 Å². The molecule has 1 aromatic heterocycles. The van der Waals surface area contributed by atoms with Gasteiger partial charge in [0.15, 0.2) is 0 Å². The second-order valence-corrected chi connectivity index (χ2v) is 7.63. The molecule has 2 aromatic rings. The maximum absolute atomic E-state index is 12.6. The number of hydrogen-bond acceptors (Lipinski definition) is 6. The predicted octanol–water partition coefficient (Wildman–Crippen LogP) is 2.34. The smallest absolute Gasteiger partial charge is 0.241 e. The number of hydrogen-bond donors (Lipinski definition) is 1. The molecule has 1 heterocycles. The molecule has 0 fully saturated rings. The van der Waals surface area contributed by atoms with E-state index in [1.54, 1.807) is 33.1 Å². The summed E-state index contributed by atoms with van der Waals surface area (Å²) in [4.78, 5) is 0.275. The Morgan fingerprint density at radius 1 is 1.21 bits per heavy atom. The summed E-state index contributed by atoms with van der Waals surface area (Å²) in [6, 6.07) is 3.41. The molecule has 0 unspecified atom stereocenters. The minimum absolute atomic E-state index is 0.146. The summed E-state index contributed by atoms with van der Waals surface area (Å²) in [6.07, 6.45) is 0.340. The van der Waals surface area contributed by atoms with E-state index in [2.05, 4.69) is 14.9 Å². The van der Waals surface area contributed by atoms with Gasteiger partial charge in [-0.15, -0.1) is 10.2 Å². The van der Waals surface area contributed by atoms with Gasteiger partial charge in [0.25, 0.3) is 0 Å². The fourth-order valence-corrected chi connectivity index (χ4v) is 3.90. The second-order valence-electron chi connectivity index (χ2n) is 5.93. The summed E-state index contributed by atoms with van der Waals surface area (Å²) in [5.74, 6) is 1.75. The summed E-state index contributed by atoms with van der Waals surface area (Å²) in [7, 11) is -2.07. The van der Waals surface area contributed by atoms with Crippen LogP contribution < -0.4 is 9.46 Å². The van der Waals surface area contributed by atoms with E-state index in [0.717, 1.165) is 0 Å². The fraction of sp³-hybridized carbons (Fsp3) is 0.500. The minimum atomic E-state index is -3.62. The first-order chi connectivity index (χ1) is 11.2. The van der Waals surface area contributed by atoms with Crippen LogP contribution >= 0.6 is 0 Å². The predicted molar refractivity (Wildman–Crippen MR) is 89.7 cm³/mol. The maximum atomic E-state index is 12.6. The zero-order valence-corrected chi connectivity index (χ0v) is 15.4. The molecule has 0 bridgehead atoms. The molecule has 0 aliphatic carbocycles. The molecule has 0 aliphatic heterocycles. The van der Waals surface area contributed by atoms with Crippen molar-refractivity contribution in [3.63, 3.8) is 0 Å². The molecule has 0 atom stereocenters. The van der Waals surface area contributed by atoms with Gasteiger partial charge in [0, 0.05) is 18.9 Å². The molecule has 0 spiro atoms. The van der Waals surface area contributed by atoms with Crippen molar-refractivity contribution in [2.24, 2.45) is 0 Å². The molecule has 2 rings (SSSR count). The molecule has 1 aromatic carbocycles. The highest BCUT2D eigenvalue weighted by atomic mass is 32.2. The minimum Gasteiger partial charge on any atom is -0.497 e. The monoisotopic (exact) mass is 353 g/mol. The van der Waals surface area contributed by atoms with E-state index in [1.807, 2.05) is 13.8 Å². The van der Waals surface area contributed by atoms with Gasteiger partial charge in [0.2, 0.25) is 21.8 Å². The number of nitrogens with zero attached hydrogens (tertiary/aromatic N) is 2. The van der Waals surface area contributed by atoms with Crippen LogP contribution in [0, 0.1) is 13.8 Å². The molecular formula is C16H23N3O4S. The first-order valence-corrected chi connectivity index (χ1v) is 9.20. The summed E-state index contributed by atoms with van der Waals surface area (Å²) in [5, 5.41) is 7.85. The van der Waals surface area contributed by atoms with Crippen molar-refractivity contribution in [1.82, 2.24) is 14.9 Å². The zero-order chi connectivity index (χ0) is 17.9. The van der Waals surface area contributed by atoms with Crippen molar-refractivity contribution >= 4 is 10.0 Å². The first kappa shape index (κ1) is 18.4. The van der Waals surface area contributed by atoms with Gasteiger partial charge in [-0.1, -0.05) is 13.8 Å². The number of sulfonamides is 1. The number of benzene rings is 1. The molecule has 24 heavy (non-hydrogen) atoms. The molecule has 1 N–H and O–H groups in total. The molecule has 7 nitrogen and oxygen atoms in total. The lowest BCUT2D eigenvalue weighted by molar-refractivity contribution is 0.413. The van der Waals surface area contributed by atoms with Gasteiger partial charge in [-0.3, -0.25) is 0 Å². The molecule has 0 saturated carbocycles. The van der Waals surface area contributed by atoms with Crippen LogP contribution in [0.2, 0.25) is 0 Å². The van der Waals surface area contributed by atoms with Gasteiger partial charge in [-0.25, -0.2) is 13.1 Å². The Bertz CT molecular complexity index is 789. The molecule has 132 valence electrons. The number of methoxy groups -OCH3 is 1. The number of ether oxygens (including phenoxy) is 1. The third kappa shape index (κ3) is 4.12. The highest BCUT2D eigenvalue weighted by Crippen LogP contribution is 2.25. The van der Waals surface area contributed by atoms with E-state index >= 15 is 0 Å². The van der Waals surface area contributed by atoms with Crippen molar-refractivity contribution in [3.05, 3.63) is 35.0 Å². The van der Waals surface area contributed by atoms with Crippen LogP contribution in [0.4, 0.5) is 0 Å². The van der Waals surface area contributed by atoms with E-state index in [4.69, 9.17) is 9.15 Å². The third-order valence-electron chi connectivity index (χ3n) is 3.55. The van der Waals surface area contributed by atoms with Crippen LogP contribution in [0.5, 0.6) is 5.75 Å².